The number of hydrogen-bond donors (Lipinski definition) is 1. The van der Waals surface area contributed by atoms with Gasteiger partial charge >= 0.3 is 0 Å². The molecule has 3 aromatic carbocycles. The van der Waals surface area contributed by atoms with Crippen molar-refractivity contribution in [1.29, 1.82) is 0 Å². The molecule has 0 saturated carbocycles. The molecule has 0 saturated heterocycles. The van der Waals surface area contributed by atoms with Gasteiger partial charge in [-0.2, -0.15) is 5.10 Å². The second kappa shape index (κ2) is 11.3. The number of nitrogens with zero attached hydrogens (tertiary/aromatic N) is 4. The molecule has 1 aromatic heterocycles. The zero-order valence-corrected chi connectivity index (χ0v) is 21.8. The van der Waals surface area contributed by atoms with Gasteiger partial charge < -0.3 is 4.57 Å². The molecule has 10 nitrogen and oxygen atoms in total. The fourth-order valence-electron chi connectivity index (χ4n) is 4.11. The molecule has 1 heterocycles. The predicted molar refractivity (Wildman–Crippen MR) is 145 cm³/mol. The van der Waals surface area contributed by atoms with Gasteiger partial charge in [-0.1, -0.05) is 42.5 Å². The number of carbonyl (C=O) groups excluding carboxylic acids is 1. The van der Waals surface area contributed by atoms with Crippen LogP contribution in [-0.4, -0.2) is 36.6 Å². The maximum absolute atomic E-state index is 14.4. The van der Waals surface area contributed by atoms with E-state index in [1.807, 2.05) is 0 Å². The number of rotatable bonds is 9. The number of para-hydroxylation sites is 3. The lowest BCUT2D eigenvalue weighted by Crippen LogP contribution is -2.39. The molecule has 1 amide bonds. The Balaban J connectivity index is 1.60. The Kier molecular flexibility index (Phi) is 7.86. The van der Waals surface area contributed by atoms with Crippen LogP contribution in [0.2, 0.25) is 0 Å². The highest BCUT2D eigenvalue weighted by atomic mass is 32.2. The number of aryl methyl sites for hydroxylation is 1. The average molecular weight is 550 g/mol. The van der Waals surface area contributed by atoms with Gasteiger partial charge in [0.05, 0.1) is 21.7 Å². The van der Waals surface area contributed by atoms with Gasteiger partial charge in [0.25, 0.3) is 21.6 Å². The molecule has 0 bridgehead atoms. The first-order valence-corrected chi connectivity index (χ1v) is 13.1. The number of hydrazone groups is 1. The molecule has 12 heteroatoms. The van der Waals surface area contributed by atoms with Crippen molar-refractivity contribution >= 4 is 33.5 Å². The van der Waals surface area contributed by atoms with Gasteiger partial charge in [-0.05, 0) is 50.2 Å². The fraction of sp³-hybridized carbons (Fsp3) is 0.111. The minimum Gasteiger partial charge on any atom is -0.315 e. The van der Waals surface area contributed by atoms with E-state index < -0.39 is 38.9 Å². The third kappa shape index (κ3) is 5.70. The molecule has 0 unspecified atom stereocenters. The number of amides is 1. The van der Waals surface area contributed by atoms with E-state index in [1.165, 1.54) is 54.7 Å². The second-order valence-electron chi connectivity index (χ2n) is 8.48. The summed E-state index contributed by atoms with van der Waals surface area (Å²) in [5.74, 6) is -1.22. The van der Waals surface area contributed by atoms with Crippen molar-refractivity contribution < 1.29 is 22.5 Å². The first-order valence-electron chi connectivity index (χ1n) is 11.7. The van der Waals surface area contributed by atoms with Crippen LogP contribution in [0.4, 0.5) is 15.8 Å². The summed E-state index contributed by atoms with van der Waals surface area (Å²) in [6, 6.07) is 20.6. The molecule has 200 valence electrons. The molecular formula is C27H24FN5O5S. The van der Waals surface area contributed by atoms with Crippen LogP contribution >= 0.6 is 0 Å². The standard InChI is InChI=1S/C27H24FN5O5S/c1-19-16-21(20(2)32(19)24-13-7-6-12-23(24)28)17-29-30-27(34)18-31(25-14-8-9-15-26(25)33(35)36)39(37,38)22-10-4-3-5-11-22/h3-17H,18H2,1-2H3,(H,30,34). The number of benzene rings is 3. The normalized spacial score (nSPS) is 11.5. The lowest BCUT2D eigenvalue weighted by molar-refractivity contribution is -0.384. The third-order valence-corrected chi connectivity index (χ3v) is 7.70. The van der Waals surface area contributed by atoms with Crippen molar-refractivity contribution in [2.45, 2.75) is 18.7 Å². The molecule has 0 atom stereocenters. The summed E-state index contributed by atoms with van der Waals surface area (Å²) in [7, 11) is -4.35. The average Bonchev–Trinajstić information content (AvgIpc) is 3.20. The number of carbonyl (C=O) groups is 1. The number of sulfonamides is 1. The topological polar surface area (TPSA) is 127 Å². The molecule has 0 aliphatic heterocycles. The highest BCUT2D eigenvalue weighted by molar-refractivity contribution is 7.92. The van der Waals surface area contributed by atoms with Crippen molar-refractivity contribution in [3.05, 3.63) is 118 Å². The molecule has 39 heavy (non-hydrogen) atoms. The number of aromatic nitrogens is 1. The Morgan fingerprint density at radius 2 is 1.69 bits per heavy atom. The van der Waals surface area contributed by atoms with Crippen molar-refractivity contribution in [3.8, 4) is 5.69 Å². The Morgan fingerprint density at radius 1 is 1.05 bits per heavy atom. The lowest BCUT2D eigenvalue weighted by atomic mass is 10.2. The van der Waals surface area contributed by atoms with Gasteiger partial charge in [-0.25, -0.2) is 22.5 Å². The second-order valence-corrected chi connectivity index (χ2v) is 10.3. The van der Waals surface area contributed by atoms with Crippen LogP contribution < -0.4 is 9.73 Å². The van der Waals surface area contributed by atoms with Gasteiger partial charge in [-0.15, -0.1) is 0 Å². The molecule has 4 aromatic rings. The summed E-state index contributed by atoms with van der Waals surface area (Å²) < 4.78 is 43.6. The van der Waals surface area contributed by atoms with Crippen LogP contribution in [0.25, 0.3) is 5.69 Å². The largest absolute Gasteiger partial charge is 0.315 e. The van der Waals surface area contributed by atoms with Crippen molar-refractivity contribution in [3.63, 3.8) is 0 Å². The molecule has 4 rings (SSSR count). The summed E-state index contributed by atoms with van der Waals surface area (Å²) in [5.41, 5.74) is 3.91. The zero-order valence-electron chi connectivity index (χ0n) is 21.0. The molecule has 0 spiro atoms. The molecule has 0 aliphatic carbocycles. The SMILES string of the molecule is Cc1cc(C=NNC(=O)CN(c2ccccc2[N+](=O)[O-])S(=O)(=O)c2ccccc2)c(C)n1-c1ccccc1F. The number of nitro benzene ring substituents is 1. The van der Waals surface area contributed by atoms with Crippen molar-refractivity contribution in [1.82, 2.24) is 9.99 Å². The van der Waals surface area contributed by atoms with Crippen LogP contribution in [0, 0.1) is 29.8 Å². The van der Waals surface area contributed by atoms with E-state index in [-0.39, 0.29) is 10.6 Å². The predicted octanol–water partition coefficient (Wildman–Crippen LogP) is 4.49. The molecule has 0 radical (unpaired) electrons. The van der Waals surface area contributed by atoms with E-state index in [9.17, 15) is 27.7 Å². The summed E-state index contributed by atoms with van der Waals surface area (Å²) in [6.07, 6.45) is 1.36. The van der Waals surface area contributed by atoms with Gasteiger partial charge in [-0.3, -0.25) is 14.9 Å². The third-order valence-electron chi connectivity index (χ3n) is 5.92. The smallest absolute Gasteiger partial charge is 0.293 e. The monoisotopic (exact) mass is 549 g/mol. The van der Waals surface area contributed by atoms with E-state index in [4.69, 9.17) is 0 Å². The van der Waals surface area contributed by atoms with Crippen LogP contribution in [0.3, 0.4) is 0 Å². The zero-order chi connectivity index (χ0) is 28.2. The number of anilines is 1. The summed E-state index contributed by atoms with van der Waals surface area (Å²) in [5, 5.41) is 15.6. The Labute approximate surface area is 224 Å². The van der Waals surface area contributed by atoms with Crippen LogP contribution in [-0.2, 0) is 14.8 Å². The molecule has 0 aliphatic rings. The summed E-state index contributed by atoms with van der Waals surface area (Å²) in [6.45, 7) is 2.80. The highest BCUT2D eigenvalue weighted by Crippen LogP contribution is 2.32. The van der Waals surface area contributed by atoms with E-state index in [0.29, 0.717) is 21.2 Å². The molecular weight excluding hydrogens is 525 g/mol. The van der Waals surface area contributed by atoms with Crippen molar-refractivity contribution in [2.24, 2.45) is 5.10 Å². The maximum Gasteiger partial charge on any atom is 0.293 e. The van der Waals surface area contributed by atoms with E-state index in [2.05, 4.69) is 10.5 Å². The van der Waals surface area contributed by atoms with Crippen molar-refractivity contribution in [2.75, 3.05) is 10.8 Å². The number of hydrogen-bond acceptors (Lipinski definition) is 6. The number of nitrogens with one attached hydrogen (secondary N) is 1. The Morgan fingerprint density at radius 3 is 2.38 bits per heavy atom. The number of nitro groups is 1. The van der Waals surface area contributed by atoms with Gasteiger partial charge in [0.15, 0.2) is 0 Å². The van der Waals surface area contributed by atoms with Crippen LogP contribution in [0.5, 0.6) is 0 Å². The number of halogens is 1. The Hall–Kier alpha value is -4.84. The van der Waals surface area contributed by atoms with Crippen LogP contribution in [0.15, 0.2) is 94.9 Å². The van der Waals surface area contributed by atoms with E-state index in [1.54, 1.807) is 48.7 Å². The first kappa shape index (κ1) is 27.2. The van der Waals surface area contributed by atoms with Gasteiger partial charge in [0.2, 0.25) is 0 Å². The van der Waals surface area contributed by atoms with Gasteiger partial charge in [0.1, 0.15) is 18.0 Å². The van der Waals surface area contributed by atoms with E-state index >= 15 is 0 Å². The van der Waals surface area contributed by atoms with Gasteiger partial charge in [0, 0.05) is 23.0 Å². The molecule has 1 N–H and O–H groups in total. The minimum absolute atomic E-state index is 0.139. The first-order chi connectivity index (χ1) is 18.6. The van der Waals surface area contributed by atoms with Crippen LogP contribution in [0.1, 0.15) is 17.0 Å². The van der Waals surface area contributed by atoms with E-state index in [0.717, 1.165) is 11.8 Å². The highest BCUT2D eigenvalue weighted by Gasteiger charge is 2.31. The fourth-order valence-corrected chi connectivity index (χ4v) is 5.57. The quantitative estimate of drug-likeness (QED) is 0.187. The molecule has 0 fully saturated rings. The summed E-state index contributed by atoms with van der Waals surface area (Å²) >= 11 is 0. The maximum atomic E-state index is 14.4. The Bertz CT molecular complexity index is 1670. The minimum atomic E-state index is -4.35. The summed E-state index contributed by atoms with van der Waals surface area (Å²) in [4.78, 5) is 23.6. The lowest BCUT2D eigenvalue weighted by Gasteiger charge is -2.23.